The molecule has 2 heterocycles. The summed E-state index contributed by atoms with van der Waals surface area (Å²) in [6.45, 7) is 7.46. The van der Waals surface area contributed by atoms with Gasteiger partial charge in [-0.2, -0.15) is 0 Å². The van der Waals surface area contributed by atoms with Gasteiger partial charge in [0.2, 0.25) is 11.8 Å². The van der Waals surface area contributed by atoms with Crippen molar-refractivity contribution >= 4 is 23.3 Å². The normalized spacial score (nSPS) is 14.8. The molecule has 120 valence electrons. The number of carbonyl (C=O) groups excluding carboxylic acids is 2. The summed E-state index contributed by atoms with van der Waals surface area (Å²) in [5.74, 6) is 0.537. The number of hydrogen-bond donors (Lipinski definition) is 2. The molecule has 0 bridgehead atoms. The highest BCUT2D eigenvalue weighted by Gasteiger charge is 2.21. The molecule has 0 atom stereocenters. The van der Waals surface area contributed by atoms with Gasteiger partial charge in [-0.3, -0.25) is 9.59 Å². The first-order valence-corrected chi connectivity index (χ1v) is 7.65. The number of anilines is 2. The Balaban J connectivity index is 1.82. The fraction of sp³-hybridized carbons (Fsp3) is 0.562. The van der Waals surface area contributed by atoms with Crippen molar-refractivity contribution in [2.75, 3.05) is 29.9 Å². The summed E-state index contributed by atoms with van der Waals surface area (Å²) < 4.78 is 0. The van der Waals surface area contributed by atoms with E-state index in [1.807, 2.05) is 12.1 Å². The Morgan fingerprint density at radius 2 is 1.91 bits per heavy atom. The van der Waals surface area contributed by atoms with Crippen LogP contribution < -0.4 is 15.5 Å². The van der Waals surface area contributed by atoms with Gasteiger partial charge < -0.3 is 15.5 Å². The Morgan fingerprint density at radius 3 is 2.45 bits per heavy atom. The van der Waals surface area contributed by atoms with Gasteiger partial charge in [0, 0.05) is 18.5 Å². The van der Waals surface area contributed by atoms with E-state index in [2.05, 4.69) is 20.5 Å². The van der Waals surface area contributed by atoms with Crippen molar-refractivity contribution in [1.29, 1.82) is 0 Å². The molecule has 6 heteroatoms. The highest BCUT2D eigenvalue weighted by atomic mass is 16.2. The SMILES string of the molecule is CC(C)(C)C(=O)NCC(=O)Nc1ccc(N2CCCC2)nc1. The van der Waals surface area contributed by atoms with Gasteiger partial charge in [0.1, 0.15) is 5.82 Å². The molecule has 1 saturated heterocycles. The lowest BCUT2D eigenvalue weighted by molar-refractivity contribution is -0.130. The molecule has 0 radical (unpaired) electrons. The monoisotopic (exact) mass is 304 g/mol. The minimum absolute atomic E-state index is 0.0377. The van der Waals surface area contributed by atoms with Crippen molar-refractivity contribution in [3.63, 3.8) is 0 Å². The highest BCUT2D eigenvalue weighted by molar-refractivity contribution is 5.95. The predicted molar refractivity (Wildman–Crippen MR) is 86.8 cm³/mol. The predicted octanol–water partition coefficient (Wildman–Crippen LogP) is 1.78. The van der Waals surface area contributed by atoms with Crippen molar-refractivity contribution in [3.05, 3.63) is 18.3 Å². The molecule has 22 heavy (non-hydrogen) atoms. The molecular weight excluding hydrogens is 280 g/mol. The zero-order valence-corrected chi connectivity index (χ0v) is 13.5. The maximum Gasteiger partial charge on any atom is 0.243 e. The van der Waals surface area contributed by atoms with Crippen molar-refractivity contribution in [2.45, 2.75) is 33.6 Å². The number of amides is 2. The van der Waals surface area contributed by atoms with Crippen LogP contribution in [0.4, 0.5) is 11.5 Å². The first-order valence-electron chi connectivity index (χ1n) is 7.65. The minimum atomic E-state index is -0.501. The average Bonchev–Trinajstić information content (AvgIpc) is 2.98. The standard InChI is InChI=1S/C16H24N4O2/c1-16(2,3)15(22)18-11-14(21)19-12-6-7-13(17-10-12)20-8-4-5-9-20/h6-7,10H,4-5,8-9,11H2,1-3H3,(H,18,22)(H,19,21). The molecule has 0 spiro atoms. The minimum Gasteiger partial charge on any atom is -0.357 e. The Morgan fingerprint density at radius 1 is 1.23 bits per heavy atom. The summed E-state index contributed by atoms with van der Waals surface area (Å²) in [5.41, 5.74) is 0.136. The topological polar surface area (TPSA) is 74.3 Å². The number of nitrogens with one attached hydrogen (secondary N) is 2. The molecular formula is C16H24N4O2. The second kappa shape index (κ2) is 6.77. The van der Waals surface area contributed by atoms with E-state index in [0.717, 1.165) is 18.9 Å². The number of aromatic nitrogens is 1. The fourth-order valence-corrected chi connectivity index (χ4v) is 2.22. The quantitative estimate of drug-likeness (QED) is 0.889. The first kappa shape index (κ1) is 16.3. The number of rotatable bonds is 4. The smallest absolute Gasteiger partial charge is 0.243 e. The van der Waals surface area contributed by atoms with Crippen LogP contribution in [0, 0.1) is 5.41 Å². The van der Waals surface area contributed by atoms with Crippen molar-refractivity contribution < 1.29 is 9.59 Å². The van der Waals surface area contributed by atoms with Gasteiger partial charge in [-0.25, -0.2) is 4.98 Å². The summed E-state index contributed by atoms with van der Waals surface area (Å²) in [4.78, 5) is 30.1. The molecule has 6 nitrogen and oxygen atoms in total. The third-order valence-corrected chi connectivity index (χ3v) is 3.55. The van der Waals surface area contributed by atoms with Crippen LogP contribution in [0.5, 0.6) is 0 Å². The van der Waals surface area contributed by atoms with Gasteiger partial charge in [-0.05, 0) is 25.0 Å². The molecule has 0 aliphatic carbocycles. The summed E-state index contributed by atoms with van der Waals surface area (Å²) in [6.07, 6.45) is 4.05. The molecule has 0 aromatic carbocycles. The summed E-state index contributed by atoms with van der Waals surface area (Å²) in [7, 11) is 0. The van der Waals surface area contributed by atoms with E-state index in [-0.39, 0.29) is 18.4 Å². The Kier molecular flexibility index (Phi) is 5.00. The van der Waals surface area contributed by atoms with Crippen molar-refractivity contribution in [3.8, 4) is 0 Å². The molecule has 2 amide bonds. The lowest BCUT2D eigenvalue weighted by Gasteiger charge is -2.18. The molecule has 1 aromatic rings. The zero-order valence-electron chi connectivity index (χ0n) is 13.5. The second-order valence-electron chi connectivity index (χ2n) is 6.58. The molecule has 1 fully saturated rings. The van der Waals surface area contributed by atoms with E-state index in [1.54, 1.807) is 27.0 Å². The van der Waals surface area contributed by atoms with Gasteiger partial charge in [-0.15, -0.1) is 0 Å². The van der Waals surface area contributed by atoms with E-state index in [0.29, 0.717) is 5.69 Å². The third kappa shape index (κ3) is 4.44. The van der Waals surface area contributed by atoms with Crippen LogP contribution in [0.15, 0.2) is 18.3 Å². The Labute approximate surface area is 131 Å². The molecule has 1 aliphatic heterocycles. The summed E-state index contributed by atoms with van der Waals surface area (Å²) in [6, 6.07) is 3.75. The zero-order chi connectivity index (χ0) is 16.2. The summed E-state index contributed by atoms with van der Waals surface area (Å²) in [5, 5.41) is 5.35. The van der Waals surface area contributed by atoms with Crippen LogP contribution >= 0.6 is 0 Å². The molecule has 2 N–H and O–H groups in total. The largest absolute Gasteiger partial charge is 0.357 e. The number of carbonyl (C=O) groups is 2. The highest BCUT2D eigenvalue weighted by Crippen LogP contribution is 2.19. The van der Waals surface area contributed by atoms with Crippen LogP contribution in [0.2, 0.25) is 0 Å². The summed E-state index contributed by atoms with van der Waals surface area (Å²) >= 11 is 0. The van der Waals surface area contributed by atoms with Crippen LogP contribution in [0.25, 0.3) is 0 Å². The lowest BCUT2D eigenvalue weighted by Crippen LogP contribution is -2.39. The fourth-order valence-electron chi connectivity index (χ4n) is 2.22. The van der Waals surface area contributed by atoms with E-state index in [1.165, 1.54) is 12.8 Å². The molecule has 1 aromatic heterocycles. The molecule has 0 saturated carbocycles. The van der Waals surface area contributed by atoms with Gasteiger partial charge >= 0.3 is 0 Å². The van der Waals surface area contributed by atoms with E-state index in [4.69, 9.17) is 0 Å². The van der Waals surface area contributed by atoms with Crippen LogP contribution in [0.1, 0.15) is 33.6 Å². The number of nitrogens with zero attached hydrogens (tertiary/aromatic N) is 2. The van der Waals surface area contributed by atoms with Crippen LogP contribution in [0.3, 0.4) is 0 Å². The second-order valence-corrected chi connectivity index (χ2v) is 6.58. The van der Waals surface area contributed by atoms with Crippen LogP contribution in [-0.2, 0) is 9.59 Å². The molecule has 1 aliphatic rings. The maximum absolute atomic E-state index is 11.8. The Hall–Kier alpha value is -2.11. The maximum atomic E-state index is 11.8. The third-order valence-electron chi connectivity index (χ3n) is 3.55. The van der Waals surface area contributed by atoms with E-state index >= 15 is 0 Å². The number of pyridine rings is 1. The average molecular weight is 304 g/mol. The first-order chi connectivity index (χ1) is 10.4. The molecule has 2 rings (SSSR count). The number of hydrogen-bond acceptors (Lipinski definition) is 4. The van der Waals surface area contributed by atoms with E-state index < -0.39 is 5.41 Å². The van der Waals surface area contributed by atoms with Gasteiger partial charge in [0.05, 0.1) is 18.4 Å². The van der Waals surface area contributed by atoms with Crippen molar-refractivity contribution in [2.24, 2.45) is 5.41 Å². The van der Waals surface area contributed by atoms with Crippen molar-refractivity contribution in [1.82, 2.24) is 10.3 Å². The Bertz CT molecular complexity index is 528. The van der Waals surface area contributed by atoms with Gasteiger partial charge in [0.15, 0.2) is 0 Å². The lowest BCUT2D eigenvalue weighted by atomic mass is 9.96. The van der Waals surface area contributed by atoms with Gasteiger partial charge in [-0.1, -0.05) is 20.8 Å². The van der Waals surface area contributed by atoms with E-state index in [9.17, 15) is 9.59 Å². The molecule has 0 unspecified atom stereocenters. The van der Waals surface area contributed by atoms with Crippen LogP contribution in [-0.4, -0.2) is 36.4 Å². The van der Waals surface area contributed by atoms with Gasteiger partial charge in [0.25, 0.3) is 0 Å².